The van der Waals surface area contributed by atoms with E-state index in [4.69, 9.17) is 4.74 Å². The first-order chi connectivity index (χ1) is 7.68. The molecule has 7 heteroatoms. The number of aromatic amines is 1. The molecule has 2 heterocycles. The summed E-state index contributed by atoms with van der Waals surface area (Å²) in [4.78, 5) is 0. The normalized spacial score (nSPS) is 21.4. The summed E-state index contributed by atoms with van der Waals surface area (Å²) in [5.41, 5.74) is 0. The molecule has 0 aromatic carbocycles. The largest absolute Gasteiger partial charge is 0.378 e. The lowest BCUT2D eigenvalue weighted by atomic mass is 10.2. The summed E-state index contributed by atoms with van der Waals surface area (Å²) >= 11 is 0. The van der Waals surface area contributed by atoms with Gasteiger partial charge in [-0.3, -0.25) is 5.10 Å². The van der Waals surface area contributed by atoms with Gasteiger partial charge in [-0.2, -0.15) is 5.10 Å². The molecule has 0 radical (unpaired) electrons. The lowest BCUT2D eigenvalue weighted by Gasteiger charge is -2.09. The number of ether oxygens (including phenoxy) is 1. The topological polar surface area (TPSA) is 84.1 Å². The molecule has 1 atom stereocenters. The van der Waals surface area contributed by atoms with Gasteiger partial charge >= 0.3 is 0 Å². The van der Waals surface area contributed by atoms with Crippen LogP contribution in [0.5, 0.6) is 0 Å². The highest BCUT2D eigenvalue weighted by Gasteiger charge is 2.18. The van der Waals surface area contributed by atoms with E-state index in [0.29, 0.717) is 13.0 Å². The number of sulfonamides is 1. The summed E-state index contributed by atoms with van der Waals surface area (Å²) in [7, 11) is -3.43. The van der Waals surface area contributed by atoms with Crippen molar-refractivity contribution in [1.82, 2.24) is 14.9 Å². The fraction of sp³-hybridized carbons (Fsp3) is 0.667. The monoisotopic (exact) mass is 245 g/mol. The molecule has 1 aromatic rings. The van der Waals surface area contributed by atoms with Crippen LogP contribution in [0.2, 0.25) is 0 Å². The first-order valence-electron chi connectivity index (χ1n) is 5.29. The maximum atomic E-state index is 11.6. The molecular formula is C9H15N3O3S. The van der Waals surface area contributed by atoms with E-state index >= 15 is 0 Å². The molecule has 0 aliphatic carbocycles. The van der Waals surface area contributed by atoms with Gasteiger partial charge in [-0.1, -0.05) is 0 Å². The van der Waals surface area contributed by atoms with Gasteiger partial charge in [-0.25, -0.2) is 13.1 Å². The molecule has 2 rings (SSSR count). The van der Waals surface area contributed by atoms with Gasteiger partial charge in [-0.05, 0) is 25.3 Å². The number of nitrogens with one attached hydrogen (secondary N) is 2. The van der Waals surface area contributed by atoms with Crippen LogP contribution < -0.4 is 4.72 Å². The van der Waals surface area contributed by atoms with Crippen LogP contribution in [0.4, 0.5) is 0 Å². The molecule has 1 aromatic heterocycles. The van der Waals surface area contributed by atoms with E-state index in [1.807, 2.05) is 0 Å². The predicted molar refractivity (Wildman–Crippen MR) is 57.4 cm³/mol. The Hall–Kier alpha value is -0.920. The summed E-state index contributed by atoms with van der Waals surface area (Å²) in [6.45, 7) is 1.18. The Morgan fingerprint density at radius 3 is 3.12 bits per heavy atom. The highest BCUT2D eigenvalue weighted by Crippen LogP contribution is 2.14. The number of nitrogens with zero attached hydrogens (tertiary/aromatic N) is 1. The molecule has 0 amide bonds. The van der Waals surface area contributed by atoms with Gasteiger partial charge in [0, 0.05) is 13.2 Å². The van der Waals surface area contributed by atoms with E-state index < -0.39 is 10.0 Å². The maximum Gasteiger partial charge on any atom is 0.257 e. The van der Waals surface area contributed by atoms with Crippen LogP contribution in [0.3, 0.4) is 0 Å². The molecule has 0 bridgehead atoms. The van der Waals surface area contributed by atoms with E-state index in [-0.39, 0.29) is 11.1 Å². The third-order valence-electron chi connectivity index (χ3n) is 2.55. The van der Waals surface area contributed by atoms with Crippen LogP contribution in [-0.2, 0) is 14.8 Å². The second kappa shape index (κ2) is 4.94. The van der Waals surface area contributed by atoms with Crippen molar-refractivity contribution in [3.63, 3.8) is 0 Å². The quantitative estimate of drug-likeness (QED) is 0.779. The number of rotatable bonds is 5. The Kier molecular flexibility index (Phi) is 3.57. The van der Waals surface area contributed by atoms with Crippen molar-refractivity contribution in [2.75, 3.05) is 13.2 Å². The van der Waals surface area contributed by atoms with Crippen LogP contribution in [-0.4, -0.2) is 37.9 Å². The van der Waals surface area contributed by atoms with E-state index in [9.17, 15) is 8.42 Å². The third-order valence-corrected chi connectivity index (χ3v) is 3.94. The molecule has 1 saturated heterocycles. The molecule has 90 valence electrons. The van der Waals surface area contributed by atoms with E-state index in [0.717, 1.165) is 19.4 Å². The third kappa shape index (κ3) is 2.81. The number of hydrogen-bond donors (Lipinski definition) is 2. The molecule has 0 spiro atoms. The Morgan fingerprint density at radius 2 is 2.50 bits per heavy atom. The first kappa shape index (κ1) is 11.6. The summed E-state index contributed by atoms with van der Waals surface area (Å²) in [6, 6.07) is 1.43. The number of hydrogen-bond acceptors (Lipinski definition) is 4. The van der Waals surface area contributed by atoms with Crippen LogP contribution in [0.15, 0.2) is 17.3 Å². The zero-order chi connectivity index (χ0) is 11.4. The van der Waals surface area contributed by atoms with Crippen molar-refractivity contribution in [1.29, 1.82) is 0 Å². The van der Waals surface area contributed by atoms with Gasteiger partial charge in [0.05, 0.1) is 12.3 Å². The van der Waals surface area contributed by atoms with Crippen LogP contribution in [0.1, 0.15) is 19.3 Å². The zero-order valence-corrected chi connectivity index (χ0v) is 9.66. The van der Waals surface area contributed by atoms with Gasteiger partial charge in [-0.15, -0.1) is 0 Å². The minimum absolute atomic E-state index is 0.0971. The molecule has 16 heavy (non-hydrogen) atoms. The molecule has 2 N–H and O–H groups in total. The SMILES string of the molecule is O=S(=O)(NCCC1CCCO1)c1ccn[nH]1. The van der Waals surface area contributed by atoms with Crippen molar-refractivity contribution in [2.45, 2.75) is 30.4 Å². The molecule has 6 nitrogen and oxygen atoms in total. The number of aromatic nitrogens is 2. The summed E-state index contributed by atoms with van der Waals surface area (Å²) < 4.78 is 31.2. The van der Waals surface area contributed by atoms with Crippen molar-refractivity contribution >= 4 is 10.0 Å². The average molecular weight is 245 g/mol. The highest BCUT2D eigenvalue weighted by molar-refractivity contribution is 7.89. The molecular weight excluding hydrogens is 230 g/mol. The van der Waals surface area contributed by atoms with Crippen LogP contribution >= 0.6 is 0 Å². The molecule has 1 unspecified atom stereocenters. The van der Waals surface area contributed by atoms with Gasteiger partial charge in [0.25, 0.3) is 10.0 Å². The van der Waals surface area contributed by atoms with Gasteiger partial charge in [0.1, 0.15) is 0 Å². The Labute approximate surface area is 94.4 Å². The Bertz CT molecular complexity index is 409. The Morgan fingerprint density at radius 1 is 1.62 bits per heavy atom. The smallest absolute Gasteiger partial charge is 0.257 e. The predicted octanol–water partition coefficient (Wildman–Crippen LogP) is 0.257. The summed E-state index contributed by atoms with van der Waals surface area (Å²) in [6.07, 6.45) is 4.41. The van der Waals surface area contributed by atoms with Crippen molar-refractivity contribution in [3.05, 3.63) is 12.3 Å². The molecule has 0 saturated carbocycles. The summed E-state index contributed by atoms with van der Waals surface area (Å²) in [5.74, 6) is 0. The van der Waals surface area contributed by atoms with Gasteiger partial charge in [0.15, 0.2) is 5.03 Å². The standard InChI is InChI=1S/C9H15N3O3S/c13-16(14,9-4-5-10-12-9)11-6-3-8-2-1-7-15-8/h4-5,8,11H,1-3,6-7H2,(H,10,12). The van der Waals surface area contributed by atoms with Crippen LogP contribution in [0, 0.1) is 0 Å². The van der Waals surface area contributed by atoms with Gasteiger partial charge < -0.3 is 4.74 Å². The van der Waals surface area contributed by atoms with Crippen LogP contribution in [0.25, 0.3) is 0 Å². The second-order valence-corrected chi connectivity index (χ2v) is 5.48. The Balaban J connectivity index is 1.81. The minimum Gasteiger partial charge on any atom is -0.378 e. The van der Waals surface area contributed by atoms with E-state index in [1.165, 1.54) is 12.3 Å². The number of H-pyrrole nitrogens is 1. The second-order valence-electron chi connectivity index (χ2n) is 3.74. The van der Waals surface area contributed by atoms with E-state index in [2.05, 4.69) is 14.9 Å². The minimum atomic E-state index is -3.43. The molecule has 1 aliphatic rings. The maximum absolute atomic E-state index is 11.6. The lowest BCUT2D eigenvalue weighted by molar-refractivity contribution is 0.105. The van der Waals surface area contributed by atoms with Crippen molar-refractivity contribution in [3.8, 4) is 0 Å². The fourth-order valence-corrected chi connectivity index (χ4v) is 2.65. The van der Waals surface area contributed by atoms with Gasteiger partial charge in [0.2, 0.25) is 0 Å². The van der Waals surface area contributed by atoms with Crippen molar-refractivity contribution in [2.24, 2.45) is 0 Å². The fourth-order valence-electron chi connectivity index (χ4n) is 1.70. The van der Waals surface area contributed by atoms with E-state index in [1.54, 1.807) is 0 Å². The van der Waals surface area contributed by atoms with Crippen molar-refractivity contribution < 1.29 is 13.2 Å². The average Bonchev–Trinajstić information content (AvgIpc) is 2.90. The lowest BCUT2D eigenvalue weighted by Crippen LogP contribution is -2.27. The highest BCUT2D eigenvalue weighted by atomic mass is 32.2. The molecule has 1 fully saturated rings. The first-order valence-corrected chi connectivity index (χ1v) is 6.77. The zero-order valence-electron chi connectivity index (χ0n) is 8.85. The molecule has 1 aliphatic heterocycles. The summed E-state index contributed by atoms with van der Waals surface area (Å²) in [5, 5.41) is 6.13.